The van der Waals surface area contributed by atoms with Gasteiger partial charge in [-0.1, -0.05) is 17.7 Å². The zero-order chi connectivity index (χ0) is 15.0. The van der Waals surface area contributed by atoms with Gasteiger partial charge in [-0.05, 0) is 49.9 Å². The van der Waals surface area contributed by atoms with Gasteiger partial charge in [0.1, 0.15) is 11.7 Å². The summed E-state index contributed by atoms with van der Waals surface area (Å²) in [6, 6.07) is 8.42. The molecule has 0 saturated heterocycles. The van der Waals surface area contributed by atoms with Crippen molar-refractivity contribution < 1.29 is 0 Å². The Labute approximate surface area is 125 Å². The zero-order valence-electron chi connectivity index (χ0n) is 12.5. The maximum atomic E-state index is 7.86. The molecule has 0 atom stereocenters. The third-order valence-corrected chi connectivity index (χ3v) is 4.02. The summed E-state index contributed by atoms with van der Waals surface area (Å²) in [5, 5.41) is 7.86. The number of hydrogen-bond acceptors (Lipinski definition) is 3. The van der Waals surface area contributed by atoms with E-state index in [0.717, 1.165) is 36.3 Å². The summed E-state index contributed by atoms with van der Waals surface area (Å²) in [5.74, 6) is 0.877. The first-order chi connectivity index (χ1) is 10.1. The minimum Gasteiger partial charge on any atom is -0.384 e. The lowest BCUT2D eigenvalue weighted by atomic mass is 9.98. The van der Waals surface area contributed by atoms with E-state index in [1.807, 2.05) is 13.0 Å². The van der Waals surface area contributed by atoms with Gasteiger partial charge in [0.15, 0.2) is 0 Å². The van der Waals surface area contributed by atoms with Crippen LogP contribution in [-0.4, -0.2) is 17.4 Å². The molecule has 3 rings (SSSR count). The van der Waals surface area contributed by atoms with Crippen LogP contribution in [0.4, 0.5) is 11.5 Å². The van der Waals surface area contributed by atoms with E-state index < -0.39 is 0 Å². The first kappa shape index (κ1) is 13.6. The van der Waals surface area contributed by atoms with Crippen LogP contribution < -0.4 is 10.6 Å². The van der Waals surface area contributed by atoms with Crippen molar-refractivity contribution in [3.05, 3.63) is 52.7 Å². The largest absolute Gasteiger partial charge is 0.384 e. The van der Waals surface area contributed by atoms with Crippen molar-refractivity contribution >= 4 is 17.3 Å². The predicted octanol–water partition coefficient (Wildman–Crippen LogP) is 3.07. The van der Waals surface area contributed by atoms with Gasteiger partial charge in [-0.2, -0.15) is 0 Å². The van der Waals surface area contributed by atoms with Crippen LogP contribution in [-0.2, 0) is 6.42 Å². The Kier molecular flexibility index (Phi) is 3.37. The Balaban J connectivity index is 2.16. The van der Waals surface area contributed by atoms with E-state index in [4.69, 9.17) is 11.1 Å². The molecule has 0 fully saturated rings. The van der Waals surface area contributed by atoms with Crippen molar-refractivity contribution in [3.8, 4) is 0 Å². The molecule has 0 aliphatic carbocycles. The Hall–Kier alpha value is -2.36. The van der Waals surface area contributed by atoms with E-state index in [9.17, 15) is 0 Å². The summed E-state index contributed by atoms with van der Waals surface area (Å²) in [5.41, 5.74) is 11.3. The zero-order valence-corrected chi connectivity index (χ0v) is 12.5. The highest BCUT2D eigenvalue weighted by atomic mass is 15.2. The summed E-state index contributed by atoms with van der Waals surface area (Å²) in [4.78, 5) is 6.71. The van der Waals surface area contributed by atoms with Gasteiger partial charge in [-0.3, -0.25) is 5.41 Å². The maximum absolute atomic E-state index is 7.86. The fourth-order valence-electron chi connectivity index (χ4n) is 3.03. The van der Waals surface area contributed by atoms with E-state index in [2.05, 4.69) is 35.0 Å². The lowest BCUT2D eigenvalue weighted by molar-refractivity contribution is 0.758. The van der Waals surface area contributed by atoms with Crippen LogP contribution in [0.15, 0.2) is 30.5 Å². The van der Waals surface area contributed by atoms with Crippen LogP contribution in [0.5, 0.6) is 0 Å². The molecule has 4 nitrogen and oxygen atoms in total. The van der Waals surface area contributed by atoms with Gasteiger partial charge in [-0.25, -0.2) is 4.98 Å². The molecule has 4 heteroatoms. The lowest BCUT2D eigenvalue weighted by Gasteiger charge is -2.32. The molecule has 0 bridgehead atoms. The molecule has 108 valence electrons. The number of fused-ring (bicyclic) bond motifs is 1. The van der Waals surface area contributed by atoms with Crippen LogP contribution in [0.2, 0.25) is 0 Å². The van der Waals surface area contributed by atoms with Crippen LogP contribution in [0.25, 0.3) is 0 Å². The molecule has 1 aromatic heterocycles. The van der Waals surface area contributed by atoms with Crippen LogP contribution >= 0.6 is 0 Å². The number of hydrogen-bond donors (Lipinski definition) is 2. The molecule has 0 radical (unpaired) electrons. The number of rotatable bonds is 2. The summed E-state index contributed by atoms with van der Waals surface area (Å²) in [6.45, 7) is 5.00. The van der Waals surface area contributed by atoms with Gasteiger partial charge in [0.25, 0.3) is 0 Å². The minimum absolute atomic E-state index is 0.0786. The molecular formula is C17H20N4. The molecule has 0 amide bonds. The van der Waals surface area contributed by atoms with Gasteiger partial charge < -0.3 is 10.6 Å². The second kappa shape index (κ2) is 5.20. The van der Waals surface area contributed by atoms with Crippen LogP contribution in [0, 0.1) is 19.3 Å². The highest BCUT2D eigenvalue weighted by molar-refractivity contribution is 6.01. The third-order valence-electron chi connectivity index (χ3n) is 4.02. The number of aromatic nitrogens is 1. The first-order valence-electron chi connectivity index (χ1n) is 7.25. The van der Waals surface area contributed by atoms with E-state index in [1.165, 1.54) is 16.8 Å². The number of aryl methyl sites for hydroxylation is 3. The van der Waals surface area contributed by atoms with Gasteiger partial charge in [0, 0.05) is 18.4 Å². The van der Waals surface area contributed by atoms with Gasteiger partial charge in [0.05, 0.1) is 5.56 Å². The summed E-state index contributed by atoms with van der Waals surface area (Å²) >= 11 is 0. The molecule has 1 aliphatic heterocycles. The molecule has 2 heterocycles. The fraction of sp³-hybridized carbons (Fsp3) is 0.294. The number of nitrogen functional groups attached to an aromatic ring is 1. The molecular weight excluding hydrogens is 260 g/mol. The lowest BCUT2D eigenvalue weighted by Crippen LogP contribution is -2.28. The van der Waals surface area contributed by atoms with Crippen molar-refractivity contribution in [2.24, 2.45) is 5.73 Å². The number of pyridine rings is 1. The number of nitrogens with zero attached hydrogens (tertiary/aromatic N) is 2. The summed E-state index contributed by atoms with van der Waals surface area (Å²) in [6.07, 6.45) is 3.97. The fourth-order valence-corrected chi connectivity index (χ4v) is 3.03. The number of amidine groups is 1. The van der Waals surface area contributed by atoms with E-state index in [-0.39, 0.29) is 5.84 Å². The highest BCUT2D eigenvalue weighted by Gasteiger charge is 2.23. The Bertz CT molecular complexity index is 706. The second-order valence-electron chi connectivity index (χ2n) is 5.63. The predicted molar refractivity (Wildman–Crippen MR) is 86.5 cm³/mol. The molecule has 1 aliphatic rings. The third kappa shape index (κ3) is 2.37. The number of benzene rings is 1. The van der Waals surface area contributed by atoms with E-state index >= 15 is 0 Å². The molecule has 0 spiro atoms. The SMILES string of the molecule is Cc1ccc2c(c1)CCCN2c1nccc(C)c1C(=N)N. The molecule has 0 unspecified atom stereocenters. The number of nitrogens with one attached hydrogen (secondary N) is 1. The highest BCUT2D eigenvalue weighted by Crippen LogP contribution is 2.35. The average molecular weight is 280 g/mol. The summed E-state index contributed by atoms with van der Waals surface area (Å²) < 4.78 is 0. The Morgan fingerprint density at radius 3 is 2.86 bits per heavy atom. The molecule has 0 saturated carbocycles. The normalized spacial score (nSPS) is 13.9. The molecule has 1 aromatic carbocycles. The van der Waals surface area contributed by atoms with Gasteiger partial charge in [0.2, 0.25) is 0 Å². The molecule has 2 aromatic rings. The minimum atomic E-state index is 0.0786. The number of nitrogens with two attached hydrogens (primary N) is 1. The quantitative estimate of drug-likeness (QED) is 0.656. The van der Waals surface area contributed by atoms with Gasteiger partial charge in [-0.15, -0.1) is 0 Å². The molecule has 21 heavy (non-hydrogen) atoms. The Morgan fingerprint density at radius 2 is 2.10 bits per heavy atom. The standard InChI is InChI=1S/C17H20N4/c1-11-5-6-14-13(10-11)4-3-9-21(14)17-15(16(18)19)12(2)7-8-20-17/h5-8,10H,3-4,9H2,1-2H3,(H3,18,19). The van der Waals surface area contributed by atoms with E-state index in [1.54, 1.807) is 6.20 Å². The van der Waals surface area contributed by atoms with Gasteiger partial charge >= 0.3 is 0 Å². The average Bonchev–Trinajstić information content (AvgIpc) is 2.45. The maximum Gasteiger partial charge on any atom is 0.144 e. The molecule has 3 N–H and O–H groups in total. The van der Waals surface area contributed by atoms with Crippen LogP contribution in [0.3, 0.4) is 0 Å². The summed E-state index contributed by atoms with van der Waals surface area (Å²) in [7, 11) is 0. The second-order valence-corrected chi connectivity index (χ2v) is 5.63. The topological polar surface area (TPSA) is 66.0 Å². The van der Waals surface area contributed by atoms with Crippen molar-refractivity contribution in [1.29, 1.82) is 5.41 Å². The first-order valence-corrected chi connectivity index (χ1v) is 7.25. The smallest absolute Gasteiger partial charge is 0.144 e. The van der Waals surface area contributed by atoms with E-state index in [0.29, 0.717) is 0 Å². The van der Waals surface area contributed by atoms with Crippen molar-refractivity contribution in [3.63, 3.8) is 0 Å². The van der Waals surface area contributed by atoms with Crippen molar-refractivity contribution in [2.75, 3.05) is 11.4 Å². The van der Waals surface area contributed by atoms with Crippen molar-refractivity contribution in [2.45, 2.75) is 26.7 Å². The Morgan fingerprint density at radius 1 is 1.29 bits per heavy atom. The van der Waals surface area contributed by atoms with Crippen LogP contribution in [0.1, 0.15) is 28.7 Å². The monoisotopic (exact) mass is 280 g/mol. The van der Waals surface area contributed by atoms with Crippen molar-refractivity contribution in [1.82, 2.24) is 4.98 Å². The number of anilines is 2.